The number of nitrogens with zero attached hydrogens (tertiary/aromatic N) is 2. The van der Waals surface area contributed by atoms with E-state index >= 15 is 0 Å². The molecule has 0 unspecified atom stereocenters. The first-order valence-electron chi connectivity index (χ1n) is 5.11. The van der Waals surface area contributed by atoms with Crippen LogP contribution in [0.3, 0.4) is 0 Å². The summed E-state index contributed by atoms with van der Waals surface area (Å²) in [5.41, 5.74) is 0.0465. The van der Waals surface area contributed by atoms with E-state index in [2.05, 4.69) is 30.9 Å². The largest absolute Gasteiger partial charge is 0.454 e. The molecule has 0 radical (unpaired) electrons. The van der Waals surface area contributed by atoms with E-state index in [1.54, 1.807) is 27.0 Å². The van der Waals surface area contributed by atoms with Gasteiger partial charge in [-0.1, -0.05) is 0 Å². The second kappa shape index (κ2) is 4.10. The van der Waals surface area contributed by atoms with Crippen molar-refractivity contribution in [2.45, 2.75) is 26.4 Å². The van der Waals surface area contributed by atoms with Crippen molar-refractivity contribution in [1.29, 1.82) is 0 Å². The summed E-state index contributed by atoms with van der Waals surface area (Å²) < 4.78 is 5.78. The summed E-state index contributed by atoms with van der Waals surface area (Å²) in [6.45, 7) is 5.40. The van der Waals surface area contributed by atoms with Crippen molar-refractivity contribution in [3.05, 3.63) is 22.7 Å². The average Bonchev–Trinajstić information content (AvgIpc) is 2.63. The lowest BCUT2D eigenvalue weighted by Crippen LogP contribution is -2.25. The van der Waals surface area contributed by atoms with Crippen LogP contribution < -0.4 is 0 Å². The fourth-order valence-corrected chi connectivity index (χ4v) is 1.81. The molecular weight excluding hydrogens is 286 g/mol. The maximum Gasteiger partial charge on any atom is 0.377 e. The Morgan fingerprint density at radius 2 is 2.12 bits per heavy atom. The number of aromatic nitrogens is 3. The zero-order chi connectivity index (χ0) is 12.6. The van der Waals surface area contributed by atoms with Crippen LogP contribution in [0, 0.1) is 0 Å². The third kappa shape index (κ3) is 2.63. The highest BCUT2D eigenvalue weighted by atomic mass is 79.9. The van der Waals surface area contributed by atoms with Gasteiger partial charge in [-0.3, -0.25) is 0 Å². The van der Waals surface area contributed by atoms with Crippen molar-refractivity contribution in [2.75, 3.05) is 0 Å². The summed E-state index contributed by atoms with van der Waals surface area (Å²) in [4.78, 5) is 22.9. The Kier molecular flexibility index (Phi) is 2.91. The first-order valence-corrected chi connectivity index (χ1v) is 5.90. The molecule has 0 aromatic carbocycles. The summed E-state index contributed by atoms with van der Waals surface area (Å²) >= 11 is 3.30. The van der Waals surface area contributed by atoms with Crippen LogP contribution >= 0.6 is 15.9 Å². The molecule has 0 saturated heterocycles. The topological polar surface area (TPSA) is 67.9 Å². The number of esters is 1. The number of nitrogens with one attached hydrogen (secondary N) is 1. The fraction of sp³-hybridized carbons (Fsp3) is 0.364. The van der Waals surface area contributed by atoms with Gasteiger partial charge >= 0.3 is 5.97 Å². The standard InChI is InChI=1S/C11H12BrN3O2/c1-11(2,3)17-10(16)9-14-7(12)6-4-5-13-8(6)15-9/h4-5H,1-3H3,(H,13,14,15). The highest BCUT2D eigenvalue weighted by Crippen LogP contribution is 2.20. The molecule has 90 valence electrons. The van der Waals surface area contributed by atoms with E-state index in [-0.39, 0.29) is 5.82 Å². The van der Waals surface area contributed by atoms with Crippen LogP contribution in [0.25, 0.3) is 11.0 Å². The van der Waals surface area contributed by atoms with Crippen LogP contribution in [-0.2, 0) is 4.74 Å². The summed E-state index contributed by atoms with van der Waals surface area (Å²) in [5, 5.41) is 0.831. The van der Waals surface area contributed by atoms with Crippen LogP contribution in [0.2, 0.25) is 0 Å². The number of fused-ring (bicyclic) bond motifs is 1. The maximum atomic E-state index is 11.8. The number of rotatable bonds is 1. The summed E-state index contributed by atoms with van der Waals surface area (Å²) in [5.74, 6) is -0.489. The van der Waals surface area contributed by atoms with Gasteiger partial charge in [0.2, 0.25) is 5.82 Å². The highest BCUT2D eigenvalue weighted by molar-refractivity contribution is 9.10. The molecule has 0 aliphatic carbocycles. The van der Waals surface area contributed by atoms with Gasteiger partial charge in [0.15, 0.2) is 0 Å². The van der Waals surface area contributed by atoms with Crippen molar-refractivity contribution in [2.24, 2.45) is 0 Å². The second-order valence-electron chi connectivity index (χ2n) is 4.58. The van der Waals surface area contributed by atoms with Crippen molar-refractivity contribution in [3.8, 4) is 0 Å². The van der Waals surface area contributed by atoms with Gasteiger partial charge in [-0.2, -0.15) is 0 Å². The molecule has 0 amide bonds. The van der Waals surface area contributed by atoms with Gasteiger partial charge in [0, 0.05) is 6.20 Å². The van der Waals surface area contributed by atoms with Crippen molar-refractivity contribution in [1.82, 2.24) is 15.0 Å². The van der Waals surface area contributed by atoms with E-state index < -0.39 is 11.6 Å². The highest BCUT2D eigenvalue weighted by Gasteiger charge is 2.21. The van der Waals surface area contributed by atoms with E-state index in [1.807, 2.05) is 6.07 Å². The van der Waals surface area contributed by atoms with Gasteiger partial charge < -0.3 is 9.72 Å². The zero-order valence-corrected chi connectivity index (χ0v) is 11.3. The van der Waals surface area contributed by atoms with Gasteiger partial charge in [0.1, 0.15) is 15.9 Å². The molecule has 0 atom stereocenters. The number of carbonyl (C=O) groups is 1. The quantitative estimate of drug-likeness (QED) is 0.649. The van der Waals surface area contributed by atoms with E-state index in [4.69, 9.17) is 4.74 Å². The minimum atomic E-state index is -0.558. The first kappa shape index (κ1) is 12.0. The van der Waals surface area contributed by atoms with Gasteiger partial charge in [-0.05, 0) is 42.8 Å². The molecule has 6 heteroatoms. The number of H-pyrrole nitrogens is 1. The minimum Gasteiger partial charge on any atom is -0.454 e. The predicted octanol–water partition coefficient (Wildman–Crippen LogP) is 2.68. The molecule has 2 rings (SSSR count). The van der Waals surface area contributed by atoms with E-state index in [1.165, 1.54) is 0 Å². The molecular formula is C11H12BrN3O2. The number of halogens is 1. The molecule has 1 N–H and O–H groups in total. The Morgan fingerprint density at radius 3 is 2.76 bits per heavy atom. The lowest BCUT2D eigenvalue weighted by molar-refractivity contribution is 0.00558. The molecule has 5 nitrogen and oxygen atoms in total. The van der Waals surface area contributed by atoms with Crippen LogP contribution in [0.5, 0.6) is 0 Å². The monoisotopic (exact) mass is 297 g/mol. The van der Waals surface area contributed by atoms with Crippen molar-refractivity contribution < 1.29 is 9.53 Å². The minimum absolute atomic E-state index is 0.0433. The van der Waals surface area contributed by atoms with Crippen LogP contribution in [0.1, 0.15) is 31.4 Å². The molecule has 0 aliphatic rings. The molecule has 0 saturated carbocycles. The first-order chi connectivity index (χ1) is 7.87. The van der Waals surface area contributed by atoms with Crippen LogP contribution in [-0.4, -0.2) is 26.5 Å². The Morgan fingerprint density at radius 1 is 1.41 bits per heavy atom. The zero-order valence-electron chi connectivity index (χ0n) is 9.74. The van der Waals surface area contributed by atoms with Crippen LogP contribution in [0.4, 0.5) is 0 Å². The molecule has 0 fully saturated rings. The molecule has 2 heterocycles. The Bertz CT molecular complexity index is 572. The Labute approximate surface area is 107 Å². The molecule has 2 aromatic heterocycles. The Balaban J connectivity index is 2.39. The second-order valence-corrected chi connectivity index (χ2v) is 5.33. The van der Waals surface area contributed by atoms with E-state index in [0.29, 0.717) is 10.3 Å². The van der Waals surface area contributed by atoms with E-state index in [9.17, 15) is 4.79 Å². The molecule has 0 aliphatic heterocycles. The number of carbonyl (C=O) groups excluding carboxylic acids is 1. The number of hydrogen-bond acceptors (Lipinski definition) is 4. The number of aromatic amines is 1. The molecule has 0 bridgehead atoms. The summed E-state index contributed by atoms with van der Waals surface area (Å²) in [6.07, 6.45) is 1.74. The average molecular weight is 298 g/mol. The number of ether oxygens (including phenoxy) is 1. The van der Waals surface area contributed by atoms with Crippen molar-refractivity contribution in [3.63, 3.8) is 0 Å². The van der Waals surface area contributed by atoms with Crippen molar-refractivity contribution >= 4 is 32.9 Å². The van der Waals surface area contributed by atoms with Crippen LogP contribution in [0.15, 0.2) is 16.9 Å². The normalized spacial score (nSPS) is 11.8. The third-order valence-electron chi connectivity index (χ3n) is 1.95. The SMILES string of the molecule is CC(C)(C)OC(=O)c1nc(Br)c2cc[nH]c2n1. The fourth-order valence-electron chi connectivity index (χ4n) is 1.32. The van der Waals surface area contributed by atoms with Gasteiger partial charge in [-0.25, -0.2) is 14.8 Å². The van der Waals surface area contributed by atoms with Gasteiger partial charge in [-0.15, -0.1) is 0 Å². The third-order valence-corrected chi connectivity index (χ3v) is 2.56. The predicted molar refractivity (Wildman–Crippen MR) is 66.8 cm³/mol. The molecule has 0 spiro atoms. The van der Waals surface area contributed by atoms with E-state index in [0.717, 1.165) is 5.39 Å². The van der Waals surface area contributed by atoms with Gasteiger partial charge in [0.05, 0.1) is 5.39 Å². The lowest BCUT2D eigenvalue weighted by Gasteiger charge is -2.18. The van der Waals surface area contributed by atoms with Gasteiger partial charge in [0.25, 0.3) is 0 Å². The molecule has 2 aromatic rings. The summed E-state index contributed by atoms with van der Waals surface area (Å²) in [7, 11) is 0. The maximum absolute atomic E-state index is 11.8. The number of hydrogen-bond donors (Lipinski definition) is 1. The molecule has 17 heavy (non-hydrogen) atoms. The summed E-state index contributed by atoms with van der Waals surface area (Å²) in [6, 6.07) is 1.83. The smallest absolute Gasteiger partial charge is 0.377 e. The lowest BCUT2D eigenvalue weighted by atomic mass is 10.2. The Hall–Kier alpha value is -1.43.